The third-order valence-electron chi connectivity index (χ3n) is 7.68. The molecule has 10 nitrogen and oxygen atoms in total. The zero-order valence-corrected chi connectivity index (χ0v) is 28.1. The van der Waals surface area contributed by atoms with Crippen LogP contribution in [-0.2, 0) is 11.3 Å². The molecule has 0 radical (unpaired) electrons. The molecule has 2 heterocycles. The standard InChI is InChI=1S/C36H31N3O7.2ClH/c1-42-30-17-22(18-31(43-2)34(30)44-3)32-27-16-15-26(46-20-24-12-9-21-7-5-6-8-29(21)38-24)19-28(27)35(40)39(33(32)36(41)45-4)25-13-10-23(37)11-14-25;;/h5-19H,20,37H2,1-4H3;2*1H. The molecule has 2 aromatic heterocycles. The van der Waals surface area contributed by atoms with E-state index in [2.05, 4.69) is 4.98 Å². The minimum absolute atomic E-state index is 0. The Morgan fingerprint density at radius 3 is 2.12 bits per heavy atom. The lowest BCUT2D eigenvalue weighted by Crippen LogP contribution is -2.27. The number of hydrogen-bond donors (Lipinski definition) is 1. The lowest BCUT2D eigenvalue weighted by atomic mass is 9.95. The van der Waals surface area contributed by atoms with Crippen molar-refractivity contribution >= 4 is 58.1 Å². The van der Waals surface area contributed by atoms with Crippen molar-refractivity contribution < 1.29 is 28.5 Å². The Hall–Kier alpha value is -5.45. The first-order valence-corrected chi connectivity index (χ1v) is 14.3. The van der Waals surface area contributed by atoms with Crippen LogP contribution in [0.1, 0.15) is 16.2 Å². The van der Waals surface area contributed by atoms with Crippen LogP contribution in [0.25, 0.3) is 38.5 Å². The maximum absolute atomic E-state index is 14.3. The number of nitrogens with zero attached hydrogens (tertiary/aromatic N) is 2. The highest BCUT2D eigenvalue weighted by Crippen LogP contribution is 2.44. The second-order valence-electron chi connectivity index (χ2n) is 10.4. The summed E-state index contributed by atoms with van der Waals surface area (Å²) in [5.74, 6) is 0.845. The number of esters is 1. The molecule has 0 aliphatic carbocycles. The van der Waals surface area contributed by atoms with Crippen LogP contribution in [0.15, 0.2) is 95.8 Å². The van der Waals surface area contributed by atoms with Crippen molar-refractivity contribution in [1.82, 2.24) is 9.55 Å². The van der Waals surface area contributed by atoms with Crippen LogP contribution in [-0.4, -0.2) is 44.0 Å². The number of rotatable bonds is 9. The van der Waals surface area contributed by atoms with Gasteiger partial charge in [-0.05, 0) is 77.7 Å². The summed E-state index contributed by atoms with van der Waals surface area (Å²) < 4.78 is 29.5. The molecule has 0 unspecified atom stereocenters. The van der Waals surface area contributed by atoms with E-state index in [0.29, 0.717) is 56.3 Å². The Morgan fingerprint density at radius 1 is 0.792 bits per heavy atom. The lowest BCUT2D eigenvalue weighted by Gasteiger charge is -2.21. The number of fused-ring (bicyclic) bond motifs is 2. The van der Waals surface area contributed by atoms with Gasteiger partial charge in [0.1, 0.15) is 18.1 Å². The van der Waals surface area contributed by atoms with Crippen molar-refractivity contribution in [3.8, 4) is 39.8 Å². The van der Waals surface area contributed by atoms with Crippen molar-refractivity contribution in [2.75, 3.05) is 34.2 Å². The molecule has 0 aliphatic rings. The Balaban J connectivity index is 0.00000260. The van der Waals surface area contributed by atoms with Crippen LogP contribution in [0.5, 0.6) is 23.0 Å². The molecule has 0 spiro atoms. The zero-order valence-electron chi connectivity index (χ0n) is 26.5. The fourth-order valence-corrected chi connectivity index (χ4v) is 5.49. The number of carbonyl (C=O) groups is 1. The first-order valence-electron chi connectivity index (χ1n) is 14.3. The van der Waals surface area contributed by atoms with Crippen LogP contribution >= 0.6 is 24.8 Å². The van der Waals surface area contributed by atoms with Gasteiger partial charge in [-0.15, -0.1) is 24.8 Å². The summed E-state index contributed by atoms with van der Waals surface area (Å²) in [7, 11) is 5.78. The van der Waals surface area contributed by atoms with Crippen LogP contribution in [0.4, 0.5) is 5.69 Å². The number of pyridine rings is 2. The molecule has 6 aromatic rings. The molecule has 248 valence electrons. The van der Waals surface area contributed by atoms with Crippen molar-refractivity contribution in [3.63, 3.8) is 0 Å². The Labute approximate surface area is 288 Å². The number of aromatic nitrogens is 2. The van der Waals surface area contributed by atoms with Gasteiger partial charge in [-0.3, -0.25) is 9.36 Å². The van der Waals surface area contributed by atoms with E-state index in [1.165, 1.54) is 33.0 Å². The third-order valence-corrected chi connectivity index (χ3v) is 7.68. The number of methoxy groups -OCH3 is 4. The number of nitrogen functional groups attached to an aromatic ring is 1. The van der Waals surface area contributed by atoms with Gasteiger partial charge >= 0.3 is 5.97 Å². The minimum atomic E-state index is -0.720. The van der Waals surface area contributed by atoms with Crippen molar-refractivity contribution in [1.29, 1.82) is 0 Å². The van der Waals surface area contributed by atoms with Crippen LogP contribution in [0.3, 0.4) is 0 Å². The molecule has 0 fully saturated rings. The lowest BCUT2D eigenvalue weighted by molar-refractivity contribution is 0.0591. The molecule has 0 saturated heterocycles. The molecule has 12 heteroatoms. The number of nitrogens with two attached hydrogens (primary N) is 1. The quantitative estimate of drug-likeness (QED) is 0.126. The first kappa shape index (κ1) is 35.4. The smallest absolute Gasteiger partial charge is 0.355 e. The van der Waals surface area contributed by atoms with E-state index < -0.39 is 11.5 Å². The molecule has 0 saturated carbocycles. The van der Waals surface area contributed by atoms with Crippen LogP contribution in [0, 0.1) is 0 Å². The molecule has 0 aliphatic heterocycles. The predicted molar refractivity (Wildman–Crippen MR) is 191 cm³/mol. The Kier molecular flexibility index (Phi) is 11.0. The SMILES string of the molecule is COC(=O)c1c(-c2cc(OC)c(OC)c(OC)c2)c2ccc(OCc3ccc4ccccc4n3)cc2c(=O)n1-c1ccc(N)cc1.Cl.Cl. The van der Waals surface area contributed by atoms with E-state index in [4.69, 9.17) is 29.4 Å². The van der Waals surface area contributed by atoms with Gasteiger partial charge in [0.05, 0.1) is 45.0 Å². The van der Waals surface area contributed by atoms with E-state index in [9.17, 15) is 9.59 Å². The average molecular weight is 691 g/mol. The molecule has 0 amide bonds. The molecule has 0 atom stereocenters. The maximum Gasteiger partial charge on any atom is 0.355 e. The topological polar surface area (TPSA) is 124 Å². The zero-order chi connectivity index (χ0) is 32.4. The number of para-hydroxylation sites is 1. The number of hydrogen-bond acceptors (Lipinski definition) is 9. The van der Waals surface area contributed by atoms with Gasteiger partial charge in [0.15, 0.2) is 11.5 Å². The van der Waals surface area contributed by atoms with E-state index in [1.807, 2.05) is 36.4 Å². The van der Waals surface area contributed by atoms with E-state index in [0.717, 1.165) is 16.6 Å². The summed E-state index contributed by atoms with van der Waals surface area (Å²) >= 11 is 0. The van der Waals surface area contributed by atoms with Gasteiger partial charge in [-0.1, -0.05) is 24.3 Å². The van der Waals surface area contributed by atoms with Gasteiger partial charge < -0.3 is 29.4 Å². The van der Waals surface area contributed by atoms with Crippen molar-refractivity contribution in [2.24, 2.45) is 0 Å². The van der Waals surface area contributed by atoms with E-state index in [1.54, 1.807) is 54.6 Å². The molecule has 6 rings (SSSR count). The van der Waals surface area contributed by atoms with Gasteiger partial charge in [-0.2, -0.15) is 0 Å². The van der Waals surface area contributed by atoms with Gasteiger partial charge in [0.2, 0.25) is 5.75 Å². The normalized spacial score (nSPS) is 10.5. The summed E-state index contributed by atoms with van der Waals surface area (Å²) in [5.41, 5.74) is 8.97. The summed E-state index contributed by atoms with van der Waals surface area (Å²) in [6.45, 7) is 0.183. The molecule has 2 N–H and O–H groups in total. The monoisotopic (exact) mass is 689 g/mol. The maximum atomic E-state index is 14.3. The highest BCUT2D eigenvalue weighted by Gasteiger charge is 2.27. The van der Waals surface area contributed by atoms with E-state index >= 15 is 0 Å². The number of anilines is 1. The molecule has 0 bridgehead atoms. The largest absolute Gasteiger partial charge is 0.493 e. The van der Waals surface area contributed by atoms with Crippen molar-refractivity contribution in [2.45, 2.75) is 6.61 Å². The van der Waals surface area contributed by atoms with Gasteiger partial charge in [-0.25, -0.2) is 9.78 Å². The Morgan fingerprint density at radius 2 is 1.48 bits per heavy atom. The van der Waals surface area contributed by atoms with Crippen LogP contribution in [0.2, 0.25) is 0 Å². The molecule has 48 heavy (non-hydrogen) atoms. The predicted octanol–water partition coefficient (Wildman–Crippen LogP) is 7.02. The van der Waals surface area contributed by atoms with E-state index in [-0.39, 0.29) is 37.1 Å². The molecular formula is C36H33Cl2N3O7. The van der Waals surface area contributed by atoms with Crippen LogP contribution < -0.4 is 30.2 Å². The summed E-state index contributed by atoms with van der Waals surface area (Å²) in [6.07, 6.45) is 0. The minimum Gasteiger partial charge on any atom is -0.493 e. The van der Waals surface area contributed by atoms with Gasteiger partial charge in [0.25, 0.3) is 5.56 Å². The third kappa shape index (κ3) is 6.53. The highest BCUT2D eigenvalue weighted by molar-refractivity contribution is 6.08. The summed E-state index contributed by atoms with van der Waals surface area (Å²) in [5, 5.41) is 1.82. The first-order chi connectivity index (χ1) is 22.4. The highest BCUT2D eigenvalue weighted by atomic mass is 35.5. The second kappa shape index (κ2) is 15.0. The number of carbonyl (C=O) groups excluding carboxylic acids is 1. The fraction of sp³-hybridized carbons (Fsp3) is 0.139. The Bertz CT molecular complexity index is 2140. The average Bonchev–Trinajstić information content (AvgIpc) is 3.10. The molecular weight excluding hydrogens is 657 g/mol. The second-order valence-corrected chi connectivity index (χ2v) is 10.4. The number of ether oxygens (including phenoxy) is 5. The summed E-state index contributed by atoms with van der Waals surface area (Å²) in [4.78, 5) is 32.6. The number of benzene rings is 4. The number of halogens is 2. The van der Waals surface area contributed by atoms with Gasteiger partial charge in [0, 0.05) is 22.3 Å². The summed E-state index contributed by atoms with van der Waals surface area (Å²) in [6, 6.07) is 27.0. The van der Waals surface area contributed by atoms with Crippen molar-refractivity contribution in [3.05, 3.63) is 113 Å². The fourth-order valence-electron chi connectivity index (χ4n) is 5.49. The molecule has 4 aromatic carbocycles.